The van der Waals surface area contributed by atoms with Gasteiger partial charge in [0.25, 0.3) is 0 Å². The molecule has 0 atom stereocenters. The molecule has 0 aliphatic rings. The molecule has 54 heavy (non-hydrogen) atoms. The van der Waals surface area contributed by atoms with Crippen LogP contribution >= 0.6 is 31.9 Å². The molecule has 0 amide bonds. The summed E-state index contributed by atoms with van der Waals surface area (Å²) in [6, 6.07) is 22.8. The van der Waals surface area contributed by atoms with E-state index >= 15 is 0 Å². The number of H-pyrrole nitrogens is 1. The molecule has 0 aliphatic carbocycles. The maximum absolute atomic E-state index is 14.1. The maximum atomic E-state index is 14.1. The fourth-order valence-corrected chi connectivity index (χ4v) is 5.48. The molecule has 0 aliphatic heterocycles. The van der Waals surface area contributed by atoms with Gasteiger partial charge in [-0.1, -0.05) is 6.07 Å². The fourth-order valence-electron chi connectivity index (χ4n) is 4.93. The van der Waals surface area contributed by atoms with Crippen molar-refractivity contribution in [3.05, 3.63) is 137 Å². The summed E-state index contributed by atoms with van der Waals surface area (Å²) in [5.41, 5.74) is 2.32. The molecule has 7 aromatic heterocycles. The fraction of sp³-hybridized carbons (Fsp3) is 0. The lowest BCUT2D eigenvalue weighted by Gasteiger charge is -2.07. The number of rotatable bonds is 8. The summed E-state index contributed by atoms with van der Waals surface area (Å²) in [6.07, 6.45) is 8.02. The topological polar surface area (TPSA) is 177 Å². The van der Waals surface area contributed by atoms with Crippen molar-refractivity contribution in [3.8, 4) is 57.5 Å². The van der Waals surface area contributed by atoms with Gasteiger partial charge >= 0.3 is 0 Å². The summed E-state index contributed by atoms with van der Waals surface area (Å²) in [6.45, 7) is 0. The number of aromatic nitrogens is 14. The molecule has 266 valence electrons. The number of tetrazole rings is 2. The van der Waals surface area contributed by atoms with Crippen molar-refractivity contribution in [1.29, 1.82) is 0 Å². The molecule has 1 N–H and O–H groups in total. The molecule has 0 spiro atoms. The second-order valence-corrected chi connectivity index (χ2v) is 12.5. The van der Waals surface area contributed by atoms with Crippen molar-refractivity contribution in [2.24, 2.45) is 0 Å². The third-order valence-corrected chi connectivity index (χ3v) is 8.90. The molecule has 9 rings (SSSR count). The summed E-state index contributed by atoms with van der Waals surface area (Å²) in [7, 11) is 0. The molecule has 20 heteroatoms. The van der Waals surface area contributed by atoms with Gasteiger partial charge in [0.1, 0.15) is 49.5 Å². The Kier molecular flexibility index (Phi) is 9.56. The first-order valence-corrected chi connectivity index (χ1v) is 17.2. The number of nitrogens with zero attached hydrogens (tertiary/aromatic N) is 13. The zero-order chi connectivity index (χ0) is 37.0. The highest BCUT2D eigenvalue weighted by molar-refractivity contribution is 9.13. The number of halogens is 4. The van der Waals surface area contributed by atoms with Crippen LogP contribution in [0.15, 0.2) is 125 Å². The summed E-state index contributed by atoms with van der Waals surface area (Å²) in [4.78, 5) is 17.5. The molecule has 0 radical (unpaired) electrons. The standard InChI is InChI=1S/C19H12FN7O.C15H8Br2FN7O/c20-13-9-15(11-17(10-13)28-16-4-2-7-21-12-16)27-24-19(23-25-27)18-5-1-3-14-6-8-22-26(14)18;16-12-13(17)21-14(20-12)15-22-24-25(23-15)9-4-8(18)5-11(6-9)26-10-2-1-3-19-7-10/h1-12H;1-7H,(H,20,21). The Morgan fingerprint density at radius 1 is 0.630 bits per heavy atom. The third kappa shape index (κ3) is 7.68. The molecular weight excluding hydrogens is 834 g/mol. The highest BCUT2D eigenvalue weighted by Crippen LogP contribution is 2.27. The number of ether oxygens (including phenoxy) is 2. The van der Waals surface area contributed by atoms with Crippen LogP contribution < -0.4 is 9.47 Å². The highest BCUT2D eigenvalue weighted by atomic mass is 79.9. The molecule has 7 heterocycles. The van der Waals surface area contributed by atoms with Crippen LogP contribution in [0.25, 0.3) is 40.1 Å². The van der Waals surface area contributed by atoms with Crippen molar-refractivity contribution < 1.29 is 18.3 Å². The van der Waals surface area contributed by atoms with Crippen LogP contribution in [0.2, 0.25) is 0 Å². The van der Waals surface area contributed by atoms with Crippen molar-refractivity contribution in [3.63, 3.8) is 0 Å². The van der Waals surface area contributed by atoms with E-state index in [-0.39, 0.29) is 11.6 Å². The summed E-state index contributed by atoms with van der Waals surface area (Å²) in [5.74, 6) is 1.64. The largest absolute Gasteiger partial charge is 0.456 e. The summed E-state index contributed by atoms with van der Waals surface area (Å²) >= 11 is 6.57. The van der Waals surface area contributed by atoms with Crippen LogP contribution in [0.3, 0.4) is 0 Å². The summed E-state index contributed by atoms with van der Waals surface area (Å²) in [5, 5.41) is 28.9. The minimum atomic E-state index is -0.497. The first-order valence-electron chi connectivity index (χ1n) is 15.6. The van der Waals surface area contributed by atoms with Crippen LogP contribution in [-0.2, 0) is 0 Å². The Balaban J connectivity index is 0.000000154. The van der Waals surface area contributed by atoms with Crippen molar-refractivity contribution in [2.75, 3.05) is 0 Å². The van der Waals surface area contributed by atoms with Gasteiger partial charge in [-0.15, -0.1) is 30.0 Å². The number of aromatic amines is 1. The smallest absolute Gasteiger partial charge is 0.240 e. The molecule has 16 nitrogen and oxygen atoms in total. The monoisotopic (exact) mass is 852 g/mol. The van der Waals surface area contributed by atoms with E-state index < -0.39 is 11.6 Å². The number of nitrogens with one attached hydrogen (secondary N) is 1. The molecule has 9 aromatic rings. The van der Waals surface area contributed by atoms with Crippen molar-refractivity contribution in [1.82, 2.24) is 70.0 Å². The number of pyridine rings is 3. The van der Waals surface area contributed by atoms with Gasteiger partial charge < -0.3 is 14.5 Å². The van der Waals surface area contributed by atoms with Crippen LogP contribution in [0, 0.1) is 11.6 Å². The second-order valence-electron chi connectivity index (χ2n) is 10.9. The average Bonchev–Trinajstić information content (AvgIpc) is 4.00. The Morgan fingerprint density at radius 3 is 1.81 bits per heavy atom. The molecule has 0 fully saturated rings. The Bertz CT molecular complexity index is 2680. The lowest BCUT2D eigenvalue weighted by atomic mass is 10.3. The van der Waals surface area contributed by atoms with Gasteiger partial charge in [-0.25, -0.2) is 18.3 Å². The van der Waals surface area contributed by atoms with E-state index in [1.54, 1.807) is 65.7 Å². The van der Waals surface area contributed by atoms with Crippen LogP contribution in [-0.4, -0.2) is 70.0 Å². The van der Waals surface area contributed by atoms with E-state index in [1.165, 1.54) is 40.1 Å². The van der Waals surface area contributed by atoms with Gasteiger partial charge in [-0.05, 0) is 84.8 Å². The van der Waals surface area contributed by atoms with E-state index in [2.05, 4.69) is 87.7 Å². The number of hydrogen-bond donors (Lipinski definition) is 1. The average molecular weight is 854 g/mol. The van der Waals surface area contributed by atoms with E-state index in [4.69, 9.17) is 9.47 Å². The first-order chi connectivity index (χ1) is 26.3. The zero-order valence-electron chi connectivity index (χ0n) is 27.1. The number of fused-ring (bicyclic) bond motifs is 1. The lowest BCUT2D eigenvalue weighted by Crippen LogP contribution is -2.01. The Morgan fingerprint density at radius 2 is 1.24 bits per heavy atom. The predicted octanol–water partition coefficient (Wildman–Crippen LogP) is 7.21. The van der Waals surface area contributed by atoms with Gasteiger partial charge in [0.15, 0.2) is 5.82 Å². The Labute approximate surface area is 318 Å². The van der Waals surface area contributed by atoms with E-state index in [1.807, 2.05) is 24.3 Å². The minimum absolute atomic E-state index is 0.260. The van der Waals surface area contributed by atoms with Crippen LogP contribution in [0.4, 0.5) is 8.78 Å². The molecule has 2 aromatic carbocycles. The molecule has 0 saturated heterocycles. The van der Waals surface area contributed by atoms with E-state index in [9.17, 15) is 8.78 Å². The third-order valence-electron chi connectivity index (χ3n) is 7.22. The van der Waals surface area contributed by atoms with Crippen LogP contribution in [0.1, 0.15) is 0 Å². The molecule has 0 bridgehead atoms. The van der Waals surface area contributed by atoms with Crippen molar-refractivity contribution in [2.45, 2.75) is 0 Å². The summed E-state index contributed by atoms with van der Waals surface area (Å²) < 4.78 is 42.3. The van der Waals surface area contributed by atoms with Crippen LogP contribution in [0.5, 0.6) is 23.0 Å². The van der Waals surface area contributed by atoms with E-state index in [0.717, 1.165) is 5.52 Å². The molecule has 0 unspecified atom stereocenters. The van der Waals surface area contributed by atoms with Gasteiger partial charge in [-0.2, -0.15) is 5.10 Å². The number of hydrogen-bond acceptors (Lipinski definition) is 12. The van der Waals surface area contributed by atoms with Gasteiger partial charge in [-0.3, -0.25) is 9.97 Å². The second kappa shape index (κ2) is 15.0. The van der Waals surface area contributed by atoms with Crippen molar-refractivity contribution >= 4 is 37.4 Å². The van der Waals surface area contributed by atoms with Gasteiger partial charge in [0, 0.05) is 48.8 Å². The van der Waals surface area contributed by atoms with Gasteiger partial charge in [0.05, 0.1) is 35.5 Å². The lowest BCUT2D eigenvalue weighted by molar-refractivity contribution is 0.473. The predicted molar refractivity (Wildman–Crippen MR) is 194 cm³/mol. The molecule has 0 saturated carbocycles. The zero-order valence-corrected chi connectivity index (χ0v) is 30.3. The normalized spacial score (nSPS) is 11.0. The van der Waals surface area contributed by atoms with E-state index in [0.29, 0.717) is 55.2 Å². The maximum Gasteiger partial charge on any atom is 0.240 e. The highest BCUT2D eigenvalue weighted by Gasteiger charge is 2.16. The van der Waals surface area contributed by atoms with Gasteiger partial charge in [0.2, 0.25) is 11.6 Å². The number of imidazole rings is 1. The quantitative estimate of drug-likeness (QED) is 0.163. The first kappa shape index (κ1) is 34.3. The minimum Gasteiger partial charge on any atom is -0.456 e. The number of benzene rings is 2. The molecular formula is C34H20Br2F2N14O2. The SMILES string of the molecule is Fc1cc(Oc2cccnc2)cc(-n2nnc(-c3cccc4ccnn34)n2)c1.Fc1cc(Oc2cccnc2)cc(-n2nnc(-c3nc(Br)c(Br)[nH]3)n2)c1. The Hall–Kier alpha value is -6.80.